The van der Waals surface area contributed by atoms with E-state index in [1.165, 1.54) is 12.3 Å². The van der Waals surface area contributed by atoms with E-state index in [1.54, 1.807) is 7.11 Å². The highest BCUT2D eigenvalue weighted by Gasteiger charge is 2.15. The Morgan fingerprint density at radius 3 is 2.74 bits per heavy atom. The van der Waals surface area contributed by atoms with Crippen LogP contribution in [-0.4, -0.2) is 42.9 Å². The molecule has 0 saturated heterocycles. The SMILES string of the molecule is COCCN(CC(C)C)c1ncc(C(=O)O)cc1Cl. The minimum Gasteiger partial charge on any atom is -0.478 e. The van der Waals surface area contributed by atoms with E-state index in [0.29, 0.717) is 29.9 Å². The van der Waals surface area contributed by atoms with E-state index in [0.717, 1.165) is 6.54 Å². The molecule has 1 aromatic heterocycles. The molecule has 0 unspecified atom stereocenters. The maximum absolute atomic E-state index is 10.9. The minimum absolute atomic E-state index is 0.0880. The maximum Gasteiger partial charge on any atom is 0.337 e. The number of hydrogen-bond donors (Lipinski definition) is 1. The van der Waals surface area contributed by atoms with Crippen molar-refractivity contribution in [1.82, 2.24) is 4.98 Å². The summed E-state index contributed by atoms with van der Waals surface area (Å²) in [6.45, 7) is 6.19. The lowest BCUT2D eigenvalue weighted by Gasteiger charge is -2.26. The number of carboxylic acids is 1. The molecular formula is C13H19ClN2O3. The average molecular weight is 287 g/mol. The third-order valence-electron chi connectivity index (χ3n) is 2.52. The van der Waals surface area contributed by atoms with Crippen molar-refractivity contribution in [3.63, 3.8) is 0 Å². The molecule has 0 saturated carbocycles. The maximum atomic E-state index is 10.9. The predicted octanol–water partition coefficient (Wildman–Crippen LogP) is 2.54. The van der Waals surface area contributed by atoms with Crippen LogP contribution >= 0.6 is 11.6 Å². The molecule has 1 heterocycles. The molecule has 106 valence electrons. The first kappa shape index (κ1) is 15.7. The fourth-order valence-corrected chi connectivity index (χ4v) is 1.99. The van der Waals surface area contributed by atoms with E-state index in [1.807, 2.05) is 4.90 Å². The van der Waals surface area contributed by atoms with Gasteiger partial charge in [0, 0.05) is 26.4 Å². The Balaban J connectivity index is 2.97. The Kier molecular flexibility index (Phi) is 6.05. The van der Waals surface area contributed by atoms with Crippen molar-refractivity contribution in [2.75, 3.05) is 31.7 Å². The van der Waals surface area contributed by atoms with E-state index < -0.39 is 5.97 Å². The zero-order valence-corrected chi connectivity index (χ0v) is 12.1. The number of aromatic carboxylic acids is 1. The summed E-state index contributed by atoms with van der Waals surface area (Å²) in [5.41, 5.74) is 0.0880. The first-order valence-electron chi connectivity index (χ1n) is 6.08. The zero-order chi connectivity index (χ0) is 14.4. The summed E-state index contributed by atoms with van der Waals surface area (Å²) in [6, 6.07) is 1.42. The molecule has 0 spiro atoms. The van der Waals surface area contributed by atoms with Crippen molar-refractivity contribution in [3.8, 4) is 0 Å². The standard InChI is InChI=1S/C13H19ClN2O3/c1-9(2)8-16(4-5-19-3)12-11(14)6-10(7-15-12)13(17)18/h6-7,9H,4-5,8H2,1-3H3,(H,17,18). The third-order valence-corrected chi connectivity index (χ3v) is 2.80. The number of rotatable bonds is 7. The predicted molar refractivity (Wildman–Crippen MR) is 75.1 cm³/mol. The summed E-state index contributed by atoms with van der Waals surface area (Å²) < 4.78 is 5.07. The highest BCUT2D eigenvalue weighted by atomic mass is 35.5. The molecule has 19 heavy (non-hydrogen) atoms. The van der Waals surface area contributed by atoms with Gasteiger partial charge in [0.15, 0.2) is 0 Å². The summed E-state index contributed by atoms with van der Waals surface area (Å²) >= 11 is 6.12. The molecule has 6 heteroatoms. The number of methoxy groups -OCH3 is 1. The van der Waals surface area contributed by atoms with Crippen LogP contribution in [0.4, 0.5) is 5.82 Å². The van der Waals surface area contributed by atoms with Crippen LogP contribution in [0.1, 0.15) is 24.2 Å². The molecule has 1 N–H and O–H groups in total. The number of anilines is 1. The molecular weight excluding hydrogens is 268 g/mol. The molecule has 1 aromatic rings. The Morgan fingerprint density at radius 2 is 2.26 bits per heavy atom. The molecule has 0 bridgehead atoms. The topological polar surface area (TPSA) is 62.7 Å². The molecule has 0 amide bonds. The van der Waals surface area contributed by atoms with Crippen LogP contribution in [0.5, 0.6) is 0 Å². The molecule has 0 aliphatic heterocycles. The Bertz CT molecular complexity index is 438. The van der Waals surface area contributed by atoms with Crippen LogP contribution in [0.2, 0.25) is 5.02 Å². The monoisotopic (exact) mass is 286 g/mol. The lowest BCUT2D eigenvalue weighted by molar-refractivity contribution is 0.0696. The van der Waals surface area contributed by atoms with Crippen molar-refractivity contribution in [2.45, 2.75) is 13.8 Å². The van der Waals surface area contributed by atoms with Gasteiger partial charge in [0.1, 0.15) is 5.82 Å². The average Bonchev–Trinajstić information content (AvgIpc) is 2.34. The van der Waals surface area contributed by atoms with E-state index in [2.05, 4.69) is 18.8 Å². The highest BCUT2D eigenvalue weighted by molar-refractivity contribution is 6.33. The quantitative estimate of drug-likeness (QED) is 0.834. The summed E-state index contributed by atoms with van der Waals surface area (Å²) in [7, 11) is 1.64. The first-order valence-corrected chi connectivity index (χ1v) is 6.46. The van der Waals surface area contributed by atoms with E-state index in [4.69, 9.17) is 21.4 Å². The van der Waals surface area contributed by atoms with Crippen molar-refractivity contribution in [1.29, 1.82) is 0 Å². The second-order valence-corrected chi connectivity index (χ2v) is 5.07. The van der Waals surface area contributed by atoms with Crippen LogP contribution in [0.25, 0.3) is 0 Å². The first-order chi connectivity index (χ1) is 8.95. The number of aromatic nitrogens is 1. The molecule has 5 nitrogen and oxygen atoms in total. The lowest BCUT2D eigenvalue weighted by Crippen LogP contribution is -2.32. The Morgan fingerprint density at radius 1 is 1.58 bits per heavy atom. The molecule has 0 aliphatic carbocycles. The van der Waals surface area contributed by atoms with Crippen molar-refractivity contribution < 1.29 is 14.6 Å². The molecule has 0 aromatic carbocycles. The van der Waals surface area contributed by atoms with Crippen LogP contribution in [0, 0.1) is 5.92 Å². The summed E-state index contributed by atoms with van der Waals surface area (Å²) in [6.07, 6.45) is 1.32. The molecule has 0 radical (unpaired) electrons. The van der Waals surface area contributed by atoms with Crippen LogP contribution in [-0.2, 0) is 4.74 Å². The fraction of sp³-hybridized carbons (Fsp3) is 0.538. The third kappa shape index (κ3) is 4.69. The van der Waals surface area contributed by atoms with Gasteiger partial charge in [-0.05, 0) is 12.0 Å². The summed E-state index contributed by atoms with van der Waals surface area (Å²) in [4.78, 5) is 17.0. The van der Waals surface area contributed by atoms with Crippen molar-refractivity contribution in [2.24, 2.45) is 5.92 Å². The number of nitrogens with zero attached hydrogens (tertiary/aromatic N) is 2. The zero-order valence-electron chi connectivity index (χ0n) is 11.4. The Hall–Kier alpha value is -1.33. The fourth-order valence-electron chi connectivity index (χ4n) is 1.71. The minimum atomic E-state index is -1.03. The second-order valence-electron chi connectivity index (χ2n) is 4.67. The number of hydrogen-bond acceptors (Lipinski definition) is 4. The van der Waals surface area contributed by atoms with Crippen molar-refractivity contribution >= 4 is 23.4 Å². The molecule has 1 rings (SSSR count). The molecule has 0 atom stereocenters. The lowest BCUT2D eigenvalue weighted by atomic mass is 10.2. The Labute approximate surface area is 118 Å². The van der Waals surface area contributed by atoms with Gasteiger partial charge in [-0.15, -0.1) is 0 Å². The highest BCUT2D eigenvalue weighted by Crippen LogP contribution is 2.24. The van der Waals surface area contributed by atoms with E-state index in [9.17, 15) is 4.79 Å². The van der Waals surface area contributed by atoms with E-state index in [-0.39, 0.29) is 5.56 Å². The van der Waals surface area contributed by atoms with E-state index >= 15 is 0 Å². The number of pyridine rings is 1. The number of halogens is 1. The van der Waals surface area contributed by atoms with Gasteiger partial charge in [-0.2, -0.15) is 0 Å². The number of carboxylic acid groups (broad SMARTS) is 1. The summed E-state index contributed by atoms with van der Waals surface area (Å²) in [5.74, 6) is -0.000425. The molecule has 0 fully saturated rings. The second kappa shape index (κ2) is 7.31. The van der Waals surface area contributed by atoms with Crippen LogP contribution in [0.15, 0.2) is 12.3 Å². The van der Waals surface area contributed by atoms with Gasteiger partial charge in [0.05, 0.1) is 17.2 Å². The normalized spacial score (nSPS) is 10.8. The number of carbonyl (C=O) groups is 1. The molecule has 0 aliphatic rings. The van der Waals surface area contributed by atoms with Gasteiger partial charge < -0.3 is 14.7 Å². The summed E-state index contributed by atoms with van der Waals surface area (Å²) in [5, 5.41) is 9.24. The van der Waals surface area contributed by atoms with Gasteiger partial charge in [-0.1, -0.05) is 25.4 Å². The largest absolute Gasteiger partial charge is 0.478 e. The van der Waals surface area contributed by atoms with Crippen LogP contribution in [0.3, 0.4) is 0 Å². The van der Waals surface area contributed by atoms with Gasteiger partial charge in [0.25, 0.3) is 0 Å². The van der Waals surface area contributed by atoms with Gasteiger partial charge in [-0.25, -0.2) is 9.78 Å². The van der Waals surface area contributed by atoms with Gasteiger partial charge in [-0.3, -0.25) is 0 Å². The number of ether oxygens (including phenoxy) is 1. The smallest absolute Gasteiger partial charge is 0.337 e. The van der Waals surface area contributed by atoms with Crippen molar-refractivity contribution in [3.05, 3.63) is 22.8 Å². The van der Waals surface area contributed by atoms with Gasteiger partial charge in [0.2, 0.25) is 0 Å². The van der Waals surface area contributed by atoms with Crippen LogP contribution < -0.4 is 4.90 Å². The van der Waals surface area contributed by atoms with Gasteiger partial charge >= 0.3 is 5.97 Å².